The summed E-state index contributed by atoms with van der Waals surface area (Å²) >= 11 is 7.66. The van der Waals surface area contributed by atoms with Gasteiger partial charge in [-0.15, -0.1) is 11.3 Å². The van der Waals surface area contributed by atoms with Gasteiger partial charge in [-0.3, -0.25) is 4.79 Å². The Kier molecular flexibility index (Phi) is 3.84. The number of amides is 1. The summed E-state index contributed by atoms with van der Waals surface area (Å²) in [6.45, 7) is 3.02. The minimum Gasteiger partial charge on any atom is -0.355 e. The van der Waals surface area contributed by atoms with Crippen molar-refractivity contribution >= 4 is 28.8 Å². The Hall–Kier alpha value is -0.580. The summed E-state index contributed by atoms with van der Waals surface area (Å²) in [5, 5.41) is 6.21. The van der Waals surface area contributed by atoms with Crippen LogP contribution in [0.25, 0.3) is 0 Å². The molecule has 1 atom stereocenters. The van der Waals surface area contributed by atoms with E-state index in [1.165, 1.54) is 17.4 Å². The molecule has 1 aromatic heterocycles. The van der Waals surface area contributed by atoms with E-state index >= 15 is 0 Å². The van der Waals surface area contributed by atoms with Crippen molar-refractivity contribution in [3.05, 3.63) is 20.8 Å². The molecule has 1 aliphatic rings. The zero-order chi connectivity index (χ0) is 11.5. The molecule has 1 aromatic rings. The van der Waals surface area contributed by atoms with Gasteiger partial charge in [0.1, 0.15) is 0 Å². The van der Waals surface area contributed by atoms with Gasteiger partial charge in [0.15, 0.2) is 0 Å². The monoisotopic (exact) mass is 258 g/mol. The van der Waals surface area contributed by atoms with E-state index in [0.717, 1.165) is 23.7 Å². The van der Waals surface area contributed by atoms with Crippen LogP contribution in [0.2, 0.25) is 4.34 Å². The van der Waals surface area contributed by atoms with E-state index < -0.39 is 0 Å². The van der Waals surface area contributed by atoms with Crippen molar-refractivity contribution in [1.82, 2.24) is 10.6 Å². The third kappa shape index (κ3) is 2.75. The van der Waals surface area contributed by atoms with Gasteiger partial charge in [-0.25, -0.2) is 0 Å². The smallest absolute Gasteiger partial charge is 0.216 e. The van der Waals surface area contributed by atoms with Gasteiger partial charge in [0.05, 0.1) is 4.34 Å². The van der Waals surface area contributed by atoms with Gasteiger partial charge >= 0.3 is 0 Å². The molecule has 1 unspecified atom stereocenters. The Bertz CT molecular complexity index is 391. The average molecular weight is 259 g/mol. The van der Waals surface area contributed by atoms with Crippen molar-refractivity contribution in [2.24, 2.45) is 0 Å². The predicted molar refractivity (Wildman–Crippen MR) is 67.1 cm³/mol. The van der Waals surface area contributed by atoms with Crippen molar-refractivity contribution in [2.75, 3.05) is 13.1 Å². The maximum Gasteiger partial charge on any atom is 0.216 e. The van der Waals surface area contributed by atoms with Crippen LogP contribution in [-0.4, -0.2) is 19.0 Å². The quantitative estimate of drug-likeness (QED) is 0.813. The predicted octanol–water partition coefficient (Wildman–Crippen LogP) is 2.11. The molecule has 1 heterocycles. The molecule has 1 amide bonds. The lowest BCUT2D eigenvalue weighted by Gasteiger charge is -2.12. The molecule has 2 rings (SSSR count). The van der Waals surface area contributed by atoms with E-state index in [-0.39, 0.29) is 5.91 Å². The van der Waals surface area contributed by atoms with Gasteiger partial charge in [-0.2, -0.15) is 0 Å². The summed E-state index contributed by atoms with van der Waals surface area (Å²) in [6.07, 6.45) is 2.25. The summed E-state index contributed by atoms with van der Waals surface area (Å²) in [5.74, 6) is 0.0208. The number of carbonyl (C=O) groups is 1. The molecule has 16 heavy (non-hydrogen) atoms. The fraction of sp³-hybridized carbons (Fsp3) is 0.545. The zero-order valence-electron chi connectivity index (χ0n) is 9.18. The molecular formula is C11H15ClN2OS. The Labute approximate surface area is 104 Å². The maximum absolute atomic E-state index is 10.7. The first-order valence-electron chi connectivity index (χ1n) is 5.42. The van der Waals surface area contributed by atoms with Crippen LogP contribution in [0.15, 0.2) is 6.07 Å². The van der Waals surface area contributed by atoms with Crippen molar-refractivity contribution < 1.29 is 4.79 Å². The van der Waals surface area contributed by atoms with Crippen LogP contribution < -0.4 is 10.6 Å². The SMILES string of the molecule is CC(=O)NCCNC1CCc2sc(Cl)cc21. The number of rotatable bonds is 4. The second-order valence-corrected chi connectivity index (χ2v) is 5.73. The molecule has 88 valence electrons. The number of thiophene rings is 1. The first-order chi connectivity index (χ1) is 7.66. The lowest BCUT2D eigenvalue weighted by molar-refractivity contribution is -0.118. The molecule has 0 spiro atoms. The summed E-state index contributed by atoms with van der Waals surface area (Å²) in [6, 6.07) is 2.47. The molecular weight excluding hydrogens is 244 g/mol. The van der Waals surface area contributed by atoms with Gasteiger partial charge in [0.2, 0.25) is 5.91 Å². The minimum atomic E-state index is 0.0208. The Morgan fingerprint density at radius 3 is 3.19 bits per heavy atom. The lowest BCUT2D eigenvalue weighted by Crippen LogP contribution is -2.31. The van der Waals surface area contributed by atoms with E-state index in [1.807, 2.05) is 0 Å². The van der Waals surface area contributed by atoms with Gasteiger partial charge in [-0.1, -0.05) is 11.6 Å². The molecule has 1 aliphatic carbocycles. The summed E-state index contributed by atoms with van der Waals surface area (Å²) < 4.78 is 0.873. The number of carbonyl (C=O) groups excluding carboxylic acids is 1. The lowest BCUT2D eigenvalue weighted by atomic mass is 10.2. The Balaban J connectivity index is 1.81. The van der Waals surface area contributed by atoms with Crippen LogP contribution in [0.5, 0.6) is 0 Å². The van der Waals surface area contributed by atoms with Crippen LogP contribution in [-0.2, 0) is 11.2 Å². The van der Waals surface area contributed by atoms with Crippen LogP contribution in [0.3, 0.4) is 0 Å². The van der Waals surface area contributed by atoms with Crippen LogP contribution in [0, 0.1) is 0 Å². The average Bonchev–Trinajstić information content (AvgIpc) is 2.72. The third-order valence-electron chi connectivity index (χ3n) is 2.74. The highest BCUT2D eigenvalue weighted by Crippen LogP contribution is 2.39. The van der Waals surface area contributed by atoms with E-state index in [1.54, 1.807) is 11.3 Å². The summed E-state index contributed by atoms with van der Waals surface area (Å²) in [5.41, 5.74) is 1.35. The number of nitrogens with one attached hydrogen (secondary N) is 2. The first-order valence-corrected chi connectivity index (χ1v) is 6.62. The van der Waals surface area contributed by atoms with Crippen molar-refractivity contribution in [1.29, 1.82) is 0 Å². The van der Waals surface area contributed by atoms with Crippen LogP contribution in [0.4, 0.5) is 0 Å². The number of hydrogen-bond donors (Lipinski definition) is 2. The number of aryl methyl sites for hydroxylation is 1. The molecule has 0 bridgehead atoms. The number of hydrogen-bond acceptors (Lipinski definition) is 3. The van der Waals surface area contributed by atoms with Crippen molar-refractivity contribution in [2.45, 2.75) is 25.8 Å². The highest BCUT2D eigenvalue weighted by molar-refractivity contribution is 7.16. The Morgan fingerprint density at radius 2 is 2.44 bits per heavy atom. The first kappa shape index (κ1) is 11.9. The molecule has 0 fully saturated rings. The molecule has 0 radical (unpaired) electrons. The Morgan fingerprint density at radius 1 is 1.62 bits per heavy atom. The second kappa shape index (κ2) is 5.17. The van der Waals surface area contributed by atoms with E-state index in [0.29, 0.717) is 12.6 Å². The number of halogens is 1. The van der Waals surface area contributed by atoms with E-state index in [9.17, 15) is 4.79 Å². The topological polar surface area (TPSA) is 41.1 Å². The highest BCUT2D eigenvalue weighted by Gasteiger charge is 2.24. The van der Waals surface area contributed by atoms with Gasteiger partial charge < -0.3 is 10.6 Å². The van der Waals surface area contributed by atoms with Gasteiger partial charge in [0.25, 0.3) is 0 Å². The highest BCUT2D eigenvalue weighted by atomic mass is 35.5. The molecule has 3 nitrogen and oxygen atoms in total. The zero-order valence-corrected chi connectivity index (χ0v) is 10.8. The second-order valence-electron chi connectivity index (χ2n) is 3.96. The van der Waals surface area contributed by atoms with E-state index in [4.69, 9.17) is 11.6 Å². The molecule has 5 heteroatoms. The van der Waals surface area contributed by atoms with Crippen molar-refractivity contribution in [3.63, 3.8) is 0 Å². The molecule has 0 saturated heterocycles. The van der Waals surface area contributed by atoms with Crippen LogP contribution >= 0.6 is 22.9 Å². The minimum absolute atomic E-state index is 0.0208. The largest absolute Gasteiger partial charge is 0.355 e. The van der Waals surface area contributed by atoms with E-state index in [2.05, 4.69) is 16.7 Å². The normalized spacial score (nSPS) is 18.5. The van der Waals surface area contributed by atoms with Gasteiger partial charge in [0, 0.05) is 30.9 Å². The van der Waals surface area contributed by atoms with Crippen molar-refractivity contribution in [3.8, 4) is 0 Å². The third-order valence-corrected chi connectivity index (χ3v) is 4.08. The molecule has 0 saturated carbocycles. The molecule has 0 aliphatic heterocycles. The fourth-order valence-corrected chi connectivity index (χ4v) is 3.38. The maximum atomic E-state index is 10.7. The summed E-state index contributed by atoms with van der Waals surface area (Å²) in [4.78, 5) is 12.1. The molecule has 2 N–H and O–H groups in total. The standard InChI is InChI=1S/C11H15ClN2OS/c1-7(15)13-4-5-14-9-2-3-10-8(9)6-11(12)16-10/h6,9,14H,2-5H2,1H3,(H,13,15). The van der Waals surface area contributed by atoms with Gasteiger partial charge in [-0.05, 0) is 24.5 Å². The summed E-state index contributed by atoms with van der Waals surface area (Å²) in [7, 11) is 0. The van der Waals surface area contributed by atoms with Crippen LogP contribution in [0.1, 0.15) is 29.8 Å². The number of fused-ring (bicyclic) bond motifs is 1. The fourth-order valence-electron chi connectivity index (χ4n) is 2.03. The molecule has 0 aromatic carbocycles.